The summed E-state index contributed by atoms with van der Waals surface area (Å²) < 4.78 is 41.9. The molecular formula is C13H13F3N6O4. The van der Waals surface area contributed by atoms with E-state index in [0.29, 0.717) is 12.1 Å². The van der Waals surface area contributed by atoms with Gasteiger partial charge in [-0.15, -0.1) is 0 Å². The van der Waals surface area contributed by atoms with Gasteiger partial charge in [-0.1, -0.05) is 6.92 Å². The molecule has 140 valence electrons. The van der Waals surface area contributed by atoms with Gasteiger partial charge in [0.1, 0.15) is 12.9 Å². The average Bonchev–Trinajstić information content (AvgIpc) is 3.05. The van der Waals surface area contributed by atoms with Gasteiger partial charge in [-0.3, -0.25) is 10.1 Å². The van der Waals surface area contributed by atoms with Crippen molar-refractivity contribution in [2.24, 2.45) is 0 Å². The Morgan fingerprint density at radius 3 is 2.65 bits per heavy atom. The van der Waals surface area contributed by atoms with E-state index >= 15 is 0 Å². The van der Waals surface area contributed by atoms with Gasteiger partial charge in [0.25, 0.3) is 11.7 Å². The molecule has 0 spiro atoms. The van der Waals surface area contributed by atoms with Crippen LogP contribution in [0.2, 0.25) is 0 Å². The zero-order chi connectivity index (χ0) is 19.3. The first-order valence-corrected chi connectivity index (χ1v) is 7.20. The second kappa shape index (κ2) is 7.76. The number of nitrogens with zero attached hydrogens (tertiary/aromatic N) is 4. The Morgan fingerprint density at radius 1 is 1.27 bits per heavy atom. The van der Waals surface area contributed by atoms with Gasteiger partial charge in [-0.25, -0.2) is 19.1 Å². The Morgan fingerprint density at radius 2 is 2.00 bits per heavy atom. The number of urea groups is 1. The van der Waals surface area contributed by atoms with Crippen LogP contribution in [0.5, 0.6) is 0 Å². The number of fused-ring (bicyclic) bond motifs is 1. The molecule has 2 N–H and O–H groups in total. The number of carbonyl (C=O) groups excluding carboxylic acids is 3. The molecule has 0 aliphatic rings. The highest BCUT2D eigenvalue weighted by Gasteiger charge is 2.28. The van der Waals surface area contributed by atoms with E-state index in [1.54, 1.807) is 12.2 Å². The number of aromatic nitrogens is 4. The fraction of sp³-hybridized carbons (Fsp3) is 0.385. The van der Waals surface area contributed by atoms with E-state index in [1.165, 1.54) is 22.4 Å². The maximum Gasteiger partial charge on any atom is 0.405 e. The van der Waals surface area contributed by atoms with E-state index < -0.39 is 37.2 Å². The van der Waals surface area contributed by atoms with Gasteiger partial charge in [0.05, 0.1) is 11.3 Å². The summed E-state index contributed by atoms with van der Waals surface area (Å²) >= 11 is 0. The standard InChI is InChI=1S/C13H13F3N6O4/c1-2-8-7(3-17-11-19-6-20-22(8)11)10(24)26-4-9(23)21-12(25)18-5-13(14,15)16/h3,6H,2,4-5H2,1H3,(H2,18,21,23,25). The molecule has 2 rings (SSSR count). The highest BCUT2D eigenvalue weighted by molar-refractivity contribution is 5.97. The molecule has 0 aliphatic heterocycles. The number of halogens is 3. The Labute approximate surface area is 143 Å². The molecule has 2 heterocycles. The number of carbonyl (C=O) groups is 3. The van der Waals surface area contributed by atoms with Crippen LogP contribution >= 0.6 is 0 Å². The third kappa shape index (κ3) is 4.87. The van der Waals surface area contributed by atoms with Crippen molar-refractivity contribution in [1.29, 1.82) is 0 Å². The quantitative estimate of drug-likeness (QED) is 0.717. The molecule has 0 aliphatic carbocycles. The minimum Gasteiger partial charge on any atom is -0.452 e. The summed E-state index contributed by atoms with van der Waals surface area (Å²) in [5, 5.41) is 6.97. The van der Waals surface area contributed by atoms with Crippen LogP contribution in [0.15, 0.2) is 12.5 Å². The van der Waals surface area contributed by atoms with Crippen LogP contribution in [0.4, 0.5) is 18.0 Å². The van der Waals surface area contributed by atoms with Crippen molar-refractivity contribution in [2.75, 3.05) is 13.2 Å². The summed E-state index contributed by atoms with van der Waals surface area (Å²) in [6.07, 6.45) is -1.77. The van der Waals surface area contributed by atoms with Crippen molar-refractivity contribution in [3.8, 4) is 0 Å². The lowest BCUT2D eigenvalue weighted by Crippen LogP contribution is -2.44. The molecule has 3 amide bonds. The number of amides is 3. The van der Waals surface area contributed by atoms with Crippen LogP contribution < -0.4 is 10.6 Å². The normalized spacial score (nSPS) is 11.2. The van der Waals surface area contributed by atoms with Gasteiger partial charge in [0.2, 0.25) is 0 Å². The minimum absolute atomic E-state index is 0.0415. The van der Waals surface area contributed by atoms with Crippen LogP contribution in [0.3, 0.4) is 0 Å². The number of aryl methyl sites for hydroxylation is 1. The number of imide groups is 1. The number of nitrogens with one attached hydrogen (secondary N) is 2. The fourth-order valence-electron chi connectivity index (χ4n) is 1.93. The largest absolute Gasteiger partial charge is 0.452 e. The van der Waals surface area contributed by atoms with E-state index in [9.17, 15) is 27.6 Å². The average molecular weight is 374 g/mol. The third-order valence-corrected chi connectivity index (χ3v) is 3.00. The molecule has 2 aromatic heterocycles. The lowest BCUT2D eigenvalue weighted by molar-refractivity contribution is -0.125. The van der Waals surface area contributed by atoms with Crippen molar-refractivity contribution >= 4 is 23.7 Å². The maximum absolute atomic E-state index is 12.1. The number of esters is 1. The maximum atomic E-state index is 12.1. The molecule has 26 heavy (non-hydrogen) atoms. The lowest BCUT2D eigenvalue weighted by atomic mass is 10.2. The summed E-state index contributed by atoms with van der Waals surface area (Å²) in [6.45, 7) is -0.711. The van der Waals surface area contributed by atoms with Gasteiger partial charge >= 0.3 is 18.2 Å². The molecule has 0 atom stereocenters. The lowest BCUT2D eigenvalue weighted by Gasteiger charge is -2.10. The fourth-order valence-corrected chi connectivity index (χ4v) is 1.93. The number of hydrogen-bond donors (Lipinski definition) is 2. The second-order valence-corrected chi connectivity index (χ2v) is 4.87. The molecule has 0 saturated heterocycles. The molecule has 0 radical (unpaired) electrons. The van der Waals surface area contributed by atoms with Gasteiger partial charge in [0, 0.05) is 6.20 Å². The zero-order valence-corrected chi connectivity index (χ0v) is 13.3. The van der Waals surface area contributed by atoms with Crippen molar-refractivity contribution < 1.29 is 32.3 Å². The molecule has 0 saturated carbocycles. The molecule has 0 fully saturated rings. The molecule has 0 aromatic carbocycles. The van der Waals surface area contributed by atoms with Crippen LogP contribution in [0.1, 0.15) is 23.0 Å². The van der Waals surface area contributed by atoms with Crippen molar-refractivity contribution in [3.63, 3.8) is 0 Å². The first kappa shape index (κ1) is 19.1. The molecule has 2 aromatic rings. The van der Waals surface area contributed by atoms with E-state index in [1.807, 2.05) is 0 Å². The molecule has 13 heteroatoms. The first-order valence-electron chi connectivity index (χ1n) is 7.20. The van der Waals surface area contributed by atoms with Crippen LogP contribution in [0.25, 0.3) is 5.78 Å². The highest BCUT2D eigenvalue weighted by atomic mass is 19.4. The number of hydrogen-bond acceptors (Lipinski definition) is 7. The van der Waals surface area contributed by atoms with Crippen molar-refractivity contribution in [1.82, 2.24) is 30.2 Å². The summed E-state index contributed by atoms with van der Waals surface area (Å²) in [5.41, 5.74) is 0.487. The second-order valence-electron chi connectivity index (χ2n) is 4.87. The Hall–Kier alpha value is -3.25. The third-order valence-electron chi connectivity index (χ3n) is 3.00. The van der Waals surface area contributed by atoms with Crippen molar-refractivity contribution in [2.45, 2.75) is 19.5 Å². The summed E-state index contributed by atoms with van der Waals surface area (Å²) in [7, 11) is 0. The van der Waals surface area contributed by atoms with Gasteiger partial charge in [0.15, 0.2) is 6.61 Å². The van der Waals surface area contributed by atoms with E-state index in [0.717, 1.165) is 0 Å². The number of ether oxygens (including phenoxy) is 1. The summed E-state index contributed by atoms with van der Waals surface area (Å²) in [5.74, 6) is -1.72. The molecular weight excluding hydrogens is 361 g/mol. The highest BCUT2D eigenvalue weighted by Crippen LogP contribution is 2.12. The smallest absolute Gasteiger partial charge is 0.405 e. The van der Waals surface area contributed by atoms with Gasteiger partial charge in [-0.2, -0.15) is 23.3 Å². The van der Waals surface area contributed by atoms with E-state index in [4.69, 9.17) is 4.74 Å². The zero-order valence-electron chi connectivity index (χ0n) is 13.3. The minimum atomic E-state index is -4.61. The summed E-state index contributed by atoms with van der Waals surface area (Å²) in [6, 6.07) is -1.36. The SMILES string of the molecule is CCc1c(C(=O)OCC(=O)NC(=O)NCC(F)(F)F)cnc2ncnn12. The van der Waals surface area contributed by atoms with Crippen LogP contribution in [-0.2, 0) is 16.0 Å². The monoisotopic (exact) mass is 374 g/mol. The van der Waals surface area contributed by atoms with Gasteiger partial charge in [-0.05, 0) is 6.42 Å². The predicted molar refractivity (Wildman–Crippen MR) is 78.0 cm³/mol. The Balaban J connectivity index is 1.92. The van der Waals surface area contributed by atoms with Crippen LogP contribution in [-0.4, -0.2) is 56.8 Å². The number of rotatable bonds is 5. The topological polar surface area (TPSA) is 128 Å². The van der Waals surface area contributed by atoms with Crippen molar-refractivity contribution in [3.05, 3.63) is 23.8 Å². The predicted octanol–water partition coefficient (Wildman–Crippen LogP) is 0.232. The number of alkyl halides is 3. The Bertz CT molecular complexity index is 835. The molecule has 0 unspecified atom stereocenters. The Kier molecular flexibility index (Phi) is 5.69. The molecule has 0 bridgehead atoms. The van der Waals surface area contributed by atoms with Crippen LogP contribution in [0, 0.1) is 0 Å². The molecule has 10 nitrogen and oxygen atoms in total. The van der Waals surface area contributed by atoms with E-state index in [-0.39, 0.29) is 11.3 Å². The van der Waals surface area contributed by atoms with E-state index in [2.05, 4.69) is 15.1 Å². The van der Waals surface area contributed by atoms with Gasteiger partial charge < -0.3 is 10.1 Å². The summed E-state index contributed by atoms with van der Waals surface area (Å²) in [4.78, 5) is 42.5. The first-order chi connectivity index (χ1) is 12.2.